The predicted octanol–water partition coefficient (Wildman–Crippen LogP) is 4.48. The van der Waals surface area contributed by atoms with Gasteiger partial charge in [0.05, 0.1) is 16.7 Å². The van der Waals surface area contributed by atoms with Crippen molar-refractivity contribution in [2.45, 2.75) is 45.6 Å². The van der Waals surface area contributed by atoms with Gasteiger partial charge in [0.25, 0.3) is 0 Å². The summed E-state index contributed by atoms with van der Waals surface area (Å²) in [5, 5.41) is 9.42. The van der Waals surface area contributed by atoms with E-state index in [1.165, 1.54) is 12.8 Å². The number of hydrogen-bond acceptors (Lipinski definition) is 2. The van der Waals surface area contributed by atoms with Crippen molar-refractivity contribution in [2.24, 2.45) is 5.92 Å². The van der Waals surface area contributed by atoms with Crippen LogP contribution in [0.1, 0.15) is 43.7 Å². The summed E-state index contributed by atoms with van der Waals surface area (Å²) in [5.41, 5.74) is 1.38. The standard InChI is InChI=1S/C15H18ClNO/c1-10-3-6-13(7-4-10)18-14-8-5-12(9-17)15(16)11(14)2/h5,8,10,13H,3-4,6-7H2,1-2H3. The summed E-state index contributed by atoms with van der Waals surface area (Å²) in [6.45, 7) is 4.20. The van der Waals surface area contributed by atoms with E-state index in [1.807, 2.05) is 13.0 Å². The zero-order valence-corrected chi connectivity index (χ0v) is 11.6. The fourth-order valence-electron chi connectivity index (χ4n) is 2.41. The number of nitriles is 1. The van der Waals surface area contributed by atoms with E-state index >= 15 is 0 Å². The SMILES string of the molecule is Cc1c(OC2CCC(C)CC2)ccc(C#N)c1Cl. The van der Waals surface area contributed by atoms with Gasteiger partial charge in [0.2, 0.25) is 0 Å². The number of rotatable bonds is 2. The van der Waals surface area contributed by atoms with Gasteiger partial charge in [0.15, 0.2) is 0 Å². The third-order valence-corrected chi connectivity index (χ3v) is 4.20. The van der Waals surface area contributed by atoms with Crippen molar-refractivity contribution in [3.8, 4) is 11.8 Å². The Bertz CT molecular complexity index is 470. The fourth-order valence-corrected chi connectivity index (χ4v) is 2.61. The third-order valence-electron chi connectivity index (χ3n) is 3.71. The summed E-state index contributed by atoms with van der Waals surface area (Å²) < 4.78 is 6.02. The van der Waals surface area contributed by atoms with Gasteiger partial charge in [-0.25, -0.2) is 0 Å². The highest BCUT2D eigenvalue weighted by Crippen LogP contribution is 2.32. The van der Waals surface area contributed by atoms with E-state index < -0.39 is 0 Å². The molecule has 0 saturated heterocycles. The summed E-state index contributed by atoms with van der Waals surface area (Å²) in [4.78, 5) is 0. The fraction of sp³-hybridized carbons (Fsp3) is 0.533. The molecule has 0 aromatic heterocycles. The first-order valence-corrected chi connectivity index (χ1v) is 6.85. The molecule has 0 unspecified atom stereocenters. The Hall–Kier alpha value is -1.20. The maximum absolute atomic E-state index is 8.91. The molecule has 2 rings (SSSR count). The molecule has 0 N–H and O–H groups in total. The monoisotopic (exact) mass is 263 g/mol. The van der Waals surface area contributed by atoms with Crippen molar-refractivity contribution in [3.05, 3.63) is 28.3 Å². The van der Waals surface area contributed by atoms with Crippen LogP contribution in [-0.2, 0) is 0 Å². The van der Waals surface area contributed by atoms with Gasteiger partial charge in [-0.2, -0.15) is 5.26 Å². The maximum Gasteiger partial charge on any atom is 0.124 e. The van der Waals surface area contributed by atoms with E-state index in [0.29, 0.717) is 16.7 Å². The van der Waals surface area contributed by atoms with E-state index in [1.54, 1.807) is 6.07 Å². The maximum atomic E-state index is 8.91. The molecule has 0 heterocycles. The number of halogens is 1. The Labute approximate surface area is 114 Å². The van der Waals surface area contributed by atoms with E-state index in [2.05, 4.69) is 13.0 Å². The highest BCUT2D eigenvalue weighted by molar-refractivity contribution is 6.32. The molecule has 0 atom stereocenters. The molecule has 1 saturated carbocycles. The van der Waals surface area contributed by atoms with Crippen LogP contribution in [0.25, 0.3) is 0 Å². The molecule has 1 aromatic rings. The number of hydrogen-bond donors (Lipinski definition) is 0. The van der Waals surface area contributed by atoms with Gasteiger partial charge in [-0.3, -0.25) is 0 Å². The summed E-state index contributed by atoms with van der Waals surface area (Å²) in [5.74, 6) is 1.63. The van der Waals surface area contributed by atoms with E-state index in [9.17, 15) is 0 Å². The molecular weight excluding hydrogens is 246 g/mol. The molecule has 2 nitrogen and oxygen atoms in total. The summed E-state index contributed by atoms with van der Waals surface area (Å²) in [6, 6.07) is 5.68. The van der Waals surface area contributed by atoms with Gasteiger partial charge in [0, 0.05) is 5.56 Å². The third kappa shape index (κ3) is 2.79. The normalized spacial score (nSPS) is 23.4. The van der Waals surface area contributed by atoms with E-state index in [0.717, 1.165) is 30.1 Å². The average Bonchev–Trinajstić information content (AvgIpc) is 2.38. The molecule has 1 aromatic carbocycles. The molecule has 0 amide bonds. The second-order valence-corrected chi connectivity index (χ2v) is 5.54. The highest BCUT2D eigenvalue weighted by Gasteiger charge is 2.20. The van der Waals surface area contributed by atoms with Gasteiger partial charge in [-0.15, -0.1) is 0 Å². The number of nitrogens with zero attached hydrogens (tertiary/aromatic N) is 1. The minimum Gasteiger partial charge on any atom is -0.490 e. The zero-order valence-electron chi connectivity index (χ0n) is 10.9. The lowest BCUT2D eigenvalue weighted by molar-refractivity contribution is 0.134. The second-order valence-electron chi connectivity index (χ2n) is 5.16. The second kappa shape index (κ2) is 5.63. The van der Waals surface area contributed by atoms with Crippen LogP contribution in [-0.4, -0.2) is 6.10 Å². The molecule has 0 aliphatic heterocycles. The van der Waals surface area contributed by atoms with Crippen LogP contribution in [0, 0.1) is 24.2 Å². The summed E-state index contributed by atoms with van der Waals surface area (Å²) in [6.07, 6.45) is 4.97. The lowest BCUT2D eigenvalue weighted by Gasteiger charge is -2.27. The van der Waals surface area contributed by atoms with Gasteiger partial charge in [0.1, 0.15) is 11.8 Å². The van der Waals surface area contributed by atoms with Crippen molar-refractivity contribution in [1.29, 1.82) is 5.26 Å². The molecule has 1 fully saturated rings. The van der Waals surface area contributed by atoms with Crippen LogP contribution >= 0.6 is 11.6 Å². The minimum atomic E-state index is 0.295. The summed E-state index contributed by atoms with van der Waals surface area (Å²) >= 11 is 6.14. The van der Waals surface area contributed by atoms with E-state index in [-0.39, 0.29) is 0 Å². The van der Waals surface area contributed by atoms with Crippen LogP contribution < -0.4 is 4.74 Å². The lowest BCUT2D eigenvalue weighted by atomic mass is 9.89. The first-order valence-electron chi connectivity index (χ1n) is 6.47. The van der Waals surface area contributed by atoms with Crippen molar-refractivity contribution in [1.82, 2.24) is 0 Å². The molecular formula is C15H18ClNO. The van der Waals surface area contributed by atoms with Crippen LogP contribution in [0.5, 0.6) is 5.75 Å². The van der Waals surface area contributed by atoms with Crippen LogP contribution in [0.2, 0.25) is 5.02 Å². The van der Waals surface area contributed by atoms with Crippen LogP contribution in [0.4, 0.5) is 0 Å². The van der Waals surface area contributed by atoms with Crippen LogP contribution in [0.3, 0.4) is 0 Å². The molecule has 1 aliphatic carbocycles. The van der Waals surface area contributed by atoms with Gasteiger partial charge >= 0.3 is 0 Å². The Morgan fingerprint density at radius 3 is 2.56 bits per heavy atom. The van der Waals surface area contributed by atoms with Crippen molar-refractivity contribution in [3.63, 3.8) is 0 Å². The lowest BCUT2D eigenvalue weighted by Crippen LogP contribution is -2.23. The summed E-state index contributed by atoms with van der Waals surface area (Å²) in [7, 11) is 0. The molecule has 18 heavy (non-hydrogen) atoms. The zero-order chi connectivity index (χ0) is 13.1. The number of benzene rings is 1. The Morgan fingerprint density at radius 1 is 1.28 bits per heavy atom. The van der Waals surface area contributed by atoms with Gasteiger partial charge < -0.3 is 4.74 Å². The first kappa shape index (κ1) is 13.2. The predicted molar refractivity (Wildman–Crippen MR) is 73.0 cm³/mol. The highest BCUT2D eigenvalue weighted by atomic mass is 35.5. The smallest absolute Gasteiger partial charge is 0.124 e. The number of ether oxygens (including phenoxy) is 1. The average molecular weight is 264 g/mol. The van der Waals surface area contributed by atoms with Crippen molar-refractivity contribution < 1.29 is 4.74 Å². The largest absolute Gasteiger partial charge is 0.490 e. The quantitative estimate of drug-likeness (QED) is 0.788. The molecule has 0 bridgehead atoms. The Morgan fingerprint density at radius 2 is 1.94 bits per heavy atom. The molecule has 1 aliphatic rings. The molecule has 0 spiro atoms. The topological polar surface area (TPSA) is 33.0 Å². The molecule has 0 radical (unpaired) electrons. The van der Waals surface area contributed by atoms with Gasteiger partial charge in [-0.05, 0) is 50.7 Å². The Kier molecular flexibility index (Phi) is 4.14. The van der Waals surface area contributed by atoms with Crippen molar-refractivity contribution in [2.75, 3.05) is 0 Å². The van der Waals surface area contributed by atoms with Crippen molar-refractivity contribution >= 4 is 11.6 Å². The van der Waals surface area contributed by atoms with E-state index in [4.69, 9.17) is 21.6 Å². The van der Waals surface area contributed by atoms with Gasteiger partial charge in [-0.1, -0.05) is 18.5 Å². The van der Waals surface area contributed by atoms with Crippen LogP contribution in [0.15, 0.2) is 12.1 Å². The first-order chi connectivity index (χ1) is 8.61. The Balaban J connectivity index is 2.11. The molecule has 3 heteroatoms. The molecule has 96 valence electrons. The minimum absolute atomic E-state index is 0.295.